The van der Waals surface area contributed by atoms with Gasteiger partial charge in [0, 0.05) is 30.0 Å². The first kappa shape index (κ1) is 14.3. The van der Waals surface area contributed by atoms with Gasteiger partial charge in [-0.25, -0.2) is 0 Å². The third-order valence-corrected chi connectivity index (χ3v) is 2.85. The van der Waals surface area contributed by atoms with Crippen molar-refractivity contribution in [1.29, 1.82) is 0 Å². The van der Waals surface area contributed by atoms with Crippen LogP contribution in [0.3, 0.4) is 0 Å². The van der Waals surface area contributed by atoms with E-state index in [4.69, 9.17) is 16.3 Å². The fourth-order valence-corrected chi connectivity index (χ4v) is 2.19. The Morgan fingerprint density at radius 3 is 2.41 bits per heavy atom. The quantitative estimate of drug-likeness (QED) is 0.852. The summed E-state index contributed by atoms with van der Waals surface area (Å²) >= 11 is 6.00. The molecule has 0 aliphatic carbocycles. The Bertz CT molecular complexity index is 315. The molecular weight excluding hydrogens is 234 g/mol. The summed E-state index contributed by atoms with van der Waals surface area (Å²) < 4.78 is 5.32. The van der Waals surface area contributed by atoms with Gasteiger partial charge in [-0.05, 0) is 43.5 Å². The highest BCUT2D eigenvalue weighted by Gasteiger charge is 2.13. The maximum atomic E-state index is 6.00. The van der Waals surface area contributed by atoms with E-state index in [2.05, 4.69) is 18.3 Å². The van der Waals surface area contributed by atoms with E-state index < -0.39 is 0 Å². The van der Waals surface area contributed by atoms with Crippen molar-refractivity contribution in [1.82, 2.24) is 0 Å². The fraction of sp³-hybridized carbons (Fsp3) is 0.571. The topological polar surface area (TPSA) is 21.3 Å². The van der Waals surface area contributed by atoms with Crippen molar-refractivity contribution in [3.05, 3.63) is 28.8 Å². The summed E-state index contributed by atoms with van der Waals surface area (Å²) in [5.74, 6) is 0. The molecule has 1 N–H and O–H groups in total. The Morgan fingerprint density at radius 2 is 1.82 bits per heavy atom. The van der Waals surface area contributed by atoms with Crippen LogP contribution >= 0.6 is 11.6 Å². The Kier molecular flexibility index (Phi) is 6.38. The van der Waals surface area contributed by atoms with Crippen LogP contribution in [-0.4, -0.2) is 19.3 Å². The van der Waals surface area contributed by atoms with Gasteiger partial charge in [0.15, 0.2) is 0 Å². The average Bonchev–Trinajstić information content (AvgIpc) is 2.31. The smallest absolute Gasteiger partial charge is 0.0485 e. The lowest BCUT2D eigenvalue weighted by molar-refractivity contribution is 0.0904. The molecule has 0 saturated carbocycles. The van der Waals surface area contributed by atoms with Crippen LogP contribution in [0, 0.1) is 6.92 Å². The molecule has 96 valence electrons. The third kappa shape index (κ3) is 4.97. The number of halogens is 1. The number of hydrogen-bond acceptors (Lipinski definition) is 2. The Morgan fingerprint density at radius 1 is 1.18 bits per heavy atom. The number of anilines is 1. The second-order valence-corrected chi connectivity index (χ2v) is 4.48. The molecule has 0 spiro atoms. The monoisotopic (exact) mass is 255 g/mol. The summed E-state index contributed by atoms with van der Waals surface area (Å²) in [6.45, 7) is 7.77. The summed E-state index contributed by atoms with van der Waals surface area (Å²) in [4.78, 5) is 0. The largest absolute Gasteiger partial charge is 0.382 e. The zero-order valence-corrected chi connectivity index (χ0v) is 11.7. The Labute approximate surface area is 109 Å². The molecule has 3 heteroatoms. The van der Waals surface area contributed by atoms with E-state index in [0.717, 1.165) is 36.8 Å². The van der Waals surface area contributed by atoms with Gasteiger partial charge in [-0.3, -0.25) is 0 Å². The predicted molar refractivity (Wildman–Crippen MR) is 75.0 cm³/mol. The number of aryl methyl sites for hydroxylation is 1. The van der Waals surface area contributed by atoms with Gasteiger partial charge < -0.3 is 10.1 Å². The Balaban J connectivity index is 0.000000686. The normalized spacial score (nSPS) is 16.0. The van der Waals surface area contributed by atoms with Crippen molar-refractivity contribution in [3.8, 4) is 0 Å². The first-order valence-electron chi connectivity index (χ1n) is 6.35. The van der Waals surface area contributed by atoms with Crippen LogP contribution in [0.5, 0.6) is 0 Å². The van der Waals surface area contributed by atoms with Crippen LogP contribution in [0.4, 0.5) is 5.69 Å². The highest BCUT2D eigenvalue weighted by molar-refractivity contribution is 6.30. The van der Waals surface area contributed by atoms with Gasteiger partial charge in [0.25, 0.3) is 0 Å². The average molecular weight is 256 g/mol. The zero-order valence-electron chi connectivity index (χ0n) is 10.9. The maximum absolute atomic E-state index is 6.00. The van der Waals surface area contributed by atoms with Crippen molar-refractivity contribution < 1.29 is 4.74 Å². The van der Waals surface area contributed by atoms with Gasteiger partial charge in [-0.15, -0.1) is 0 Å². The summed E-state index contributed by atoms with van der Waals surface area (Å²) in [7, 11) is 0. The molecule has 2 nitrogen and oxygen atoms in total. The van der Waals surface area contributed by atoms with Crippen LogP contribution in [0.15, 0.2) is 18.2 Å². The lowest BCUT2D eigenvalue weighted by Gasteiger charge is -2.24. The number of ether oxygens (including phenoxy) is 1. The molecule has 0 amide bonds. The molecule has 0 bridgehead atoms. The minimum Gasteiger partial charge on any atom is -0.382 e. The predicted octanol–water partition coefficient (Wildman–Crippen LogP) is 4.27. The van der Waals surface area contributed by atoms with Crippen LogP contribution in [0.25, 0.3) is 0 Å². The molecule has 1 aliphatic rings. The van der Waals surface area contributed by atoms with Gasteiger partial charge in [0.2, 0.25) is 0 Å². The molecule has 1 fully saturated rings. The molecule has 0 unspecified atom stereocenters. The molecule has 17 heavy (non-hydrogen) atoms. The second kappa shape index (κ2) is 7.57. The third-order valence-electron chi connectivity index (χ3n) is 2.63. The number of nitrogens with one attached hydrogen (secondary N) is 1. The minimum atomic E-state index is 0.525. The van der Waals surface area contributed by atoms with Crippen LogP contribution in [-0.2, 0) is 4.74 Å². The molecule has 0 aromatic heterocycles. The lowest BCUT2D eigenvalue weighted by atomic mass is 10.1. The van der Waals surface area contributed by atoms with E-state index in [-0.39, 0.29) is 0 Å². The van der Waals surface area contributed by atoms with E-state index in [1.165, 1.54) is 5.56 Å². The summed E-state index contributed by atoms with van der Waals surface area (Å²) in [5.41, 5.74) is 2.31. The van der Waals surface area contributed by atoms with E-state index >= 15 is 0 Å². The van der Waals surface area contributed by atoms with Crippen molar-refractivity contribution in [2.45, 2.75) is 39.7 Å². The molecule has 2 rings (SSSR count). The van der Waals surface area contributed by atoms with Crippen LogP contribution in [0.1, 0.15) is 32.3 Å². The summed E-state index contributed by atoms with van der Waals surface area (Å²) in [5, 5.41) is 4.29. The summed E-state index contributed by atoms with van der Waals surface area (Å²) in [6, 6.07) is 6.60. The Hall–Kier alpha value is -0.730. The standard InChI is InChI=1S/C12H16ClNO.C2H6/c1-9-6-10(13)8-12(7-9)14-11-2-4-15-5-3-11;1-2/h6-8,11,14H,2-5H2,1H3;1-2H3. The first-order chi connectivity index (χ1) is 8.24. The maximum Gasteiger partial charge on any atom is 0.0485 e. The van der Waals surface area contributed by atoms with E-state index in [0.29, 0.717) is 6.04 Å². The molecule has 1 heterocycles. The zero-order chi connectivity index (χ0) is 12.7. The molecule has 0 radical (unpaired) electrons. The van der Waals surface area contributed by atoms with Gasteiger partial charge in [-0.2, -0.15) is 0 Å². The summed E-state index contributed by atoms with van der Waals surface area (Å²) in [6.07, 6.45) is 2.15. The molecular formula is C14H22ClNO. The second-order valence-electron chi connectivity index (χ2n) is 4.05. The lowest BCUT2D eigenvalue weighted by Crippen LogP contribution is -2.27. The molecule has 1 aromatic rings. The van der Waals surface area contributed by atoms with E-state index in [1.54, 1.807) is 0 Å². The van der Waals surface area contributed by atoms with Crippen LogP contribution < -0.4 is 5.32 Å². The van der Waals surface area contributed by atoms with Crippen LogP contribution in [0.2, 0.25) is 5.02 Å². The van der Waals surface area contributed by atoms with E-state index in [1.807, 2.05) is 26.0 Å². The first-order valence-corrected chi connectivity index (χ1v) is 6.73. The van der Waals surface area contributed by atoms with Gasteiger partial charge >= 0.3 is 0 Å². The van der Waals surface area contributed by atoms with Gasteiger partial charge in [0.05, 0.1) is 0 Å². The molecule has 0 atom stereocenters. The molecule has 1 saturated heterocycles. The number of rotatable bonds is 2. The van der Waals surface area contributed by atoms with Crippen molar-refractivity contribution in [3.63, 3.8) is 0 Å². The highest BCUT2D eigenvalue weighted by atomic mass is 35.5. The van der Waals surface area contributed by atoms with Crippen molar-refractivity contribution >= 4 is 17.3 Å². The number of benzene rings is 1. The molecule has 1 aromatic carbocycles. The van der Waals surface area contributed by atoms with Gasteiger partial charge in [0.1, 0.15) is 0 Å². The van der Waals surface area contributed by atoms with Gasteiger partial charge in [-0.1, -0.05) is 25.4 Å². The minimum absolute atomic E-state index is 0.525. The van der Waals surface area contributed by atoms with E-state index in [9.17, 15) is 0 Å². The molecule has 1 aliphatic heterocycles. The SMILES string of the molecule is CC.Cc1cc(Cl)cc(NC2CCOCC2)c1. The number of hydrogen-bond donors (Lipinski definition) is 1. The highest BCUT2D eigenvalue weighted by Crippen LogP contribution is 2.21. The fourth-order valence-electron chi connectivity index (χ4n) is 1.90. The van der Waals surface area contributed by atoms with Crippen molar-refractivity contribution in [2.75, 3.05) is 18.5 Å². The van der Waals surface area contributed by atoms with Crippen molar-refractivity contribution in [2.24, 2.45) is 0 Å².